The summed E-state index contributed by atoms with van der Waals surface area (Å²) in [6.45, 7) is 2.84. The van der Waals surface area contributed by atoms with E-state index >= 15 is 0 Å². The summed E-state index contributed by atoms with van der Waals surface area (Å²) < 4.78 is 0. The first-order valence-corrected chi connectivity index (χ1v) is 7.80. The normalized spacial score (nSPS) is 19.5. The number of nitrogens with zero attached hydrogens (tertiary/aromatic N) is 2. The number of allylic oxidation sites excluding steroid dienone is 1. The molecule has 1 aromatic carbocycles. The Kier molecular flexibility index (Phi) is 4.12. The van der Waals surface area contributed by atoms with Gasteiger partial charge < -0.3 is 16.4 Å². The summed E-state index contributed by atoms with van der Waals surface area (Å²) in [6.07, 6.45) is 6.66. The van der Waals surface area contributed by atoms with Gasteiger partial charge >= 0.3 is 0 Å². The number of nitrogens with two attached hydrogens (primary N) is 1. The van der Waals surface area contributed by atoms with E-state index in [0.717, 1.165) is 35.5 Å². The van der Waals surface area contributed by atoms with E-state index in [2.05, 4.69) is 40.8 Å². The quantitative estimate of drug-likeness (QED) is 0.732. The van der Waals surface area contributed by atoms with E-state index in [0.29, 0.717) is 18.3 Å². The van der Waals surface area contributed by atoms with Gasteiger partial charge in [0.25, 0.3) is 0 Å². The van der Waals surface area contributed by atoms with Crippen LogP contribution >= 0.6 is 0 Å². The van der Waals surface area contributed by atoms with Crippen LogP contribution in [0.15, 0.2) is 28.9 Å². The Bertz CT molecular complexity index is 756. The van der Waals surface area contributed by atoms with Crippen molar-refractivity contribution in [3.05, 3.63) is 40.0 Å². The summed E-state index contributed by atoms with van der Waals surface area (Å²) >= 11 is 0. The van der Waals surface area contributed by atoms with Crippen molar-refractivity contribution >= 4 is 11.9 Å². The Morgan fingerprint density at radius 2 is 2.41 bits per heavy atom. The van der Waals surface area contributed by atoms with Crippen molar-refractivity contribution in [2.45, 2.75) is 38.3 Å². The van der Waals surface area contributed by atoms with Crippen LogP contribution in [0.4, 0.5) is 5.69 Å². The maximum Gasteiger partial charge on any atom is 0.117 e. The highest BCUT2D eigenvalue weighted by molar-refractivity contribution is 5.53. The van der Waals surface area contributed by atoms with Gasteiger partial charge in [-0.05, 0) is 49.6 Å². The third-order valence-corrected chi connectivity index (χ3v) is 4.27. The molecule has 22 heavy (non-hydrogen) atoms. The molecule has 2 aliphatic rings. The third-order valence-electron chi connectivity index (χ3n) is 4.27. The first-order chi connectivity index (χ1) is 10.7. The van der Waals surface area contributed by atoms with Gasteiger partial charge in [0.2, 0.25) is 0 Å². The lowest BCUT2D eigenvalue weighted by atomic mass is 10.0. The Morgan fingerprint density at radius 3 is 3.00 bits per heavy atom. The molecule has 0 aromatic heterocycles. The van der Waals surface area contributed by atoms with Crippen LogP contribution in [0.5, 0.6) is 0 Å². The lowest BCUT2D eigenvalue weighted by Gasteiger charge is -2.21. The molecule has 2 atom stereocenters. The highest BCUT2D eigenvalue weighted by atomic mass is 15.0. The molecule has 1 aromatic rings. The van der Waals surface area contributed by atoms with Gasteiger partial charge in [-0.15, -0.1) is 0 Å². The van der Waals surface area contributed by atoms with Crippen molar-refractivity contribution < 1.29 is 0 Å². The van der Waals surface area contributed by atoms with E-state index < -0.39 is 0 Å². The lowest BCUT2D eigenvalue weighted by molar-refractivity contribution is 0.638. The van der Waals surface area contributed by atoms with Crippen molar-refractivity contribution in [1.29, 1.82) is 5.26 Å². The van der Waals surface area contributed by atoms with Crippen LogP contribution in [0.2, 0.25) is 0 Å². The van der Waals surface area contributed by atoms with Crippen molar-refractivity contribution in [1.82, 2.24) is 5.32 Å². The average molecular weight is 295 g/mol. The van der Waals surface area contributed by atoms with Crippen LogP contribution in [0.3, 0.4) is 0 Å². The molecule has 4 N–H and O–H groups in total. The predicted octanol–water partition coefficient (Wildman–Crippen LogP) is 1.04. The molecule has 5 heteroatoms. The van der Waals surface area contributed by atoms with Gasteiger partial charge in [-0.2, -0.15) is 5.26 Å². The SMILES string of the molecule is CCC(CCN)Nc1cc(C2CC=C(C#N)N2)cc2c1=NC=2. The minimum Gasteiger partial charge on any atom is -0.381 e. The summed E-state index contributed by atoms with van der Waals surface area (Å²) in [5.74, 6) is 0. The molecule has 0 spiro atoms. The predicted molar refractivity (Wildman–Crippen MR) is 87.3 cm³/mol. The standard InChI is InChI=1S/C17H21N5/c1-2-13(5-6-18)21-16-8-11(7-12-10-20-17(12)16)15-4-3-14(9-19)22-15/h3,7-8,10,13,15,21-22H,2,4-6,18H2,1H3. The molecule has 0 bridgehead atoms. The molecule has 0 saturated heterocycles. The van der Waals surface area contributed by atoms with Crippen molar-refractivity contribution in [2.75, 3.05) is 11.9 Å². The van der Waals surface area contributed by atoms with Crippen LogP contribution in [-0.4, -0.2) is 12.6 Å². The molecule has 2 unspecified atom stereocenters. The second-order valence-electron chi connectivity index (χ2n) is 5.75. The second-order valence-corrected chi connectivity index (χ2v) is 5.75. The van der Waals surface area contributed by atoms with E-state index in [9.17, 15) is 0 Å². The maximum atomic E-state index is 8.98. The highest BCUT2D eigenvalue weighted by Gasteiger charge is 2.20. The van der Waals surface area contributed by atoms with Gasteiger partial charge in [0, 0.05) is 17.5 Å². The van der Waals surface area contributed by atoms with E-state index in [-0.39, 0.29) is 6.04 Å². The van der Waals surface area contributed by atoms with E-state index in [1.54, 1.807) is 0 Å². The molecule has 3 rings (SSSR count). The fraction of sp³-hybridized carbons (Fsp3) is 0.412. The van der Waals surface area contributed by atoms with Crippen molar-refractivity contribution in [3.63, 3.8) is 0 Å². The smallest absolute Gasteiger partial charge is 0.117 e. The minimum atomic E-state index is 0.170. The zero-order valence-electron chi connectivity index (χ0n) is 12.8. The van der Waals surface area contributed by atoms with Gasteiger partial charge in [0.05, 0.1) is 17.1 Å². The Labute approximate surface area is 130 Å². The second kappa shape index (κ2) is 6.20. The number of benzene rings is 1. The van der Waals surface area contributed by atoms with Crippen molar-refractivity contribution in [3.8, 4) is 6.07 Å². The molecule has 0 aliphatic carbocycles. The van der Waals surface area contributed by atoms with Crippen LogP contribution in [0.1, 0.15) is 37.8 Å². The molecular weight excluding hydrogens is 274 g/mol. The Hall–Kier alpha value is -2.32. The van der Waals surface area contributed by atoms with E-state index in [1.807, 2.05) is 12.3 Å². The summed E-state index contributed by atoms with van der Waals surface area (Å²) in [6, 6.07) is 7.02. The van der Waals surface area contributed by atoms with Crippen LogP contribution in [0, 0.1) is 11.3 Å². The first kappa shape index (κ1) is 14.6. The molecule has 114 valence electrons. The number of anilines is 1. The molecule has 2 aliphatic heterocycles. The van der Waals surface area contributed by atoms with Crippen LogP contribution < -0.4 is 26.9 Å². The number of nitriles is 1. The largest absolute Gasteiger partial charge is 0.381 e. The monoisotopic (exact) mass is 295 g/mol. The number of rotatable bonds is 6. The maximum absolute atomic E-state index is 8.98. The Morgan fingerprint density at radius 1 is 1.55 bits per heavy atom. The summed E-state index contributed by atoms with van der Waals surface area (Å²) in [4.78, 5) is 4.37. The fourth-order valence-electron chi connectivity index (χ4n) is 2.94. The summed E-state index contributed by atoms with van der Waals surface area (Å²) in [5, 5.41) is 18.0. The van der Waals surface area contributed by atoms with Gasteiger partial charge in [-0.3, -0.25) is 4.99 Å². The summed E-state index contributed by atoms with van der Waals surface area (Å²) in [7, 11) is 0. The molecule has 0 saturated carbocycles. The molecule has 2 heterocycles. The number of hydrogen-bond acceptors (Lipinski definition) is 5. The zero-order valence-corrected chi connectivity index (χ0v) is 12.8. The van der Waals surface area contributed by atoms with Crippen molar-refractivity contribution in [2.24, 2.45) is 10.7 Å². The number of nitrogens with one attached hydrogen (secondary N) is 2. The number of hydrogen-bond donors (Lipinski definition) is 3. The molecule has 0 amide bonds. The van der Waals surface area contributed by atoms with Gasteiger partial charge in [0.15, 0.2) is 0 Å². The molecule has 5 nitrogen and oxygen atoms in total. The summed E-state index contributed by atoms with van der Waals surface area (Å²) in [5.41, 5.74) is 8.60. The zero-order chi connectivity index (χ0) is 15.5. The molecular formula is C17H21N5. The Balaban J connectivity index is 1.85. The van der Waals surface area contributed by atoms with E-state index in [4.69, 9.17) is 11.0 Å². The lowest BCUT2D eigenvalue weighted by Crippen LogP contribution is -2.37. The van der Waals surface area contributed by atoms with Crippen LogP contribution in [0.25, 0.3) is 6.20 Å². The highest BCUT2D eigenvalue weighted by Crippen LogP contribution is 2.25. The topological polar surface area (TPSA) is 86.2 Å². The molecule has 0 radical (unpaired) electrons. The molecule has 0 fully saturated rings. The van der Waals surface area contributed by atoms with Gasteiger partial charge in [-0.1, -0.05) is 6.92 Å². The fourth-order valence-corrected chi connectivity index (χ4v) is 2.94. The van der Waals surface area contributed by atoms with Gasteiger partial charge in [0.1, 0.15) is 11.8 Å². The van der Waals surface area contributed by atoms with Crippen LogP contribution in [-0.2, 0) is 0 Å². The number of fused-ring (bicyclic) bond motifs is 1. The minimum absolute atomic E-state index is 0.170. The average Bonchev–Trinajstić information content (AvgIpc) is 2.97. The van der Waals surface area contributed by atoms with Gasteiger partial charge in [-0.25, -0.2) is 0 Å². The first-order valence-electron chi connectivity index (χ1n) is 7.80. The third kappa shape index (κ3) is 2.70. The van der Waals surface area contributed by atoms with E-state index in [1.165, 1.54) is 5.56 Å².